The van der Waals surface area contributed by atoms with E-state index in [0.717, 1.165) is 5.69 Å². The number of nitrogens with zero attached hydrogens (tertiary/aromatic N) is 5. The zero-order chi connectivity index (χ0) is 17.6. The highest BCUT2D eigenvalue weighted by Gasteiger charge is 2.16. The van der Waals surface area contributed by atoms with E-state index in [2.05, 4.69) is 30.7 Å². The van der Waals surface area contributed by atoms with Crippen molar-refractivity contribution in [2.75, 3.05) is 5.32 Å². The Morgan fingerprint density at radius 3 is 2.56 bits per heavy atom. The van der Waals surface area contributed by atoms with Gasteiger partial charge in [0.1, 0.15) is 12.2 Å². The lowest BCUT2D eigenvalue weighted by atomic mass is 10.2. The van der Waals surface area contributed by atoms with Crippen LogP contribution in [0.5, 0.6) is 0 Å². The highest BCUT2D eigenvalue weighted by Crippen LogP contribution is 2.12. The third-order valence-corrected chi connectivity index (χ3v) is 3.62. The topological polar surface area (TPSA) is 97.6 Å². The van der Waals surface area contributed by atoms with Crippen LogP contribution < -0.4 is 10.6 Å². The van der Waals surface area contributed by atoms with Crippen molar-refractivity contribution in [3.63, 3.8) is 0 Å². The first kappa shape index (κ1) is 16.6. The number of anilines is 2. The van der Waals surface area contributed by atoms with E-state index in [0.29, 0.717) is 23.9 Å². The minimum atomic E-state index is -0.267. The monoisotopic (exact) mass is 337 g/mol. The van der Waals surface area contributed by atoms with Crippen LogP contribution in [-0.4, -0.2) is 30.6 Å². The van der Waals surface area contributed by atoms with Gasteiger partial charge < -0.3 is 10.6 Å². The van der Waals surface area contributed by atoms with Crippen LogP contribution in [0.2, 0.25) is 0 Å². The summed E-state index contributed by atoms with van der Waals surface area (Å²) in [5.74, 6) is 0.880. The number of aromatic nitrogens is 5. The SMILES string of the molecule is CCn1ncnc1C(C)NC(=O)c1cnc(Nc2ccccc2)nc1. The average Bonchev–Trinajstić information content (AvgIpc) is 3.12. The first-order chi connectivity index (χ1) is 12.2. The van der Waals surface area contributed by atoms with E-state index in [4.69, 9.17) is 0 Å². The molecular weight excluding hydrogens is 318 g/mol. The van der Waals surface area contributed by atoms with Crippen molar-refractivity contribution >= 4 is 17.5 Å². The summed E-state index contributed by atoms with van der Waals surface area (Å²) >= 11 is 0. The summed E-state index contributed by atoms with van der Waals surface area (Å²) in [6.45, 7) is 4.53. The zero-order valence-corrected chi connectivity index (χ0v) is 14.0. The highest BCUT2D eigenvalue weighted by atomic mass is 16.1. The Bertz CT molecular complexity index is 830. The number of rotatable bonds is 6. The van der Waals surface area contributed by atoms with Gasteiger partial charge in [-0.3, -0.25) is 4.79 Å². The second-order valence-corrected chi connectivity index (χ2v) is 5.42. The molecule has 2 N–H and O–H groups in total. The molecule has 128 valence electrons. The van der Waals surface area contributed by atoms with Crippen LogP contribution in [0.25, 0.3) is 0 Å². The fraction of sp³-hybridized carbons (Fsp3) is 0.235. The van der Waals surface area contributed by atoms with Crippen molar-refractivity contribution in [1.82, 2.24) is 30.0 Å². The molecule has 0 spiro atoms. The smallest absolute Gasteiger partial charge is 0.255 e. The summed E-state index contributed by atoms with van der Waals surface area (Å²) in [6, 6.07) is 9.32. The maximum Gasteiger partial charge on any atom is 0.255 e. The lowest BCUT2D eigenvalue weighted by Gasteiger charge is -2.13. The van der Waals surface area contributed by atoms with E-state index < -0.39 is 0 Å². The number of hydrogen-bond acceptors (Lipinski definition) is 6. The van der Waals surface area contributed by atoms with Gasteiger partial charge >= 0.3 is 0 Å². The van der Waals surface area contributed by atoms with Gasteiger partial charge in [0, 0.05) is 24.6 Å². The van der Waals surface area contributed by atoms with Crippen molar-refractivity contribution in [3.8, 4) is 0 Å². The molecular formula is C17H19N7O. The first-order valence-corrected chi connectivity index (χ1v) is 8.00. The Labute approximate surface area is 145 Å². The van der Waals surface area contributed by atoms with E-state index in [1.165, 1.54) is 18.7 Å². The zero-order valence-electron chi connectivity index (χ0n) is 14.0. The second kappa shape index (κ2) is 7.52. The number of aryl methyl sites for hydroxylation is 1. The summed E-state index contributed by atoms with van der Waals surface area (Å²) in [4.78, 5) is 24.9. The normalized spacial score (nSPS) is 11.8. The molecule has 0 aliphatic carbocycles. The minimum absolute atomic E-state index is 0.260. The van der Waals surface area contributed by atoms with Crippen molar-refractivity contribution in [1.29, 1.82) is 0 Å². The number of carbonyl (C=O) groups excluding carboxylic acids is 1. The first-order valence-electron chi connectivity index (χ1n) is 8.00. The molecule has 0 bridgehead atoms. The molecule has 1 aromatic carbocycles. The Morgan fingerprint density at radius 1 is 1.16 bits per heavy atom. The van der Waals surface area contributed by atoms with Gasteiger partial charge in [-0.1, -0.05) is 18.2 Å². The number of hydrogen-bond donors (Lipinski definition) is 2. The molecule has 1 atom stereocenters. The van der Waals surface area contributed by atoms with E-state index in [-0.39, 0.29) is 11.9 Å². The Kier molecular flexibility index (Phi) is 4.98. The molecule has 8 nitrogen and oxygen atoms in total. The van der Waals surface area contributed by atoms with Crippen molar-refractivity contribution in [2.24, 2.45) is 0 Å². The largest absolute Gasteiger partial charge is 0.342 e. The van der Waals surface area contributed by atoms with Gasteiger partial charge in [0.15, 0.2) is 0 Å². The number of carbonyl (C=O) groups is 1. The third kappa shape index (κ3) is 3.97. The lowest BCUT2D eigenvalue weighted by Crippen LogP contribution is -2.29. The van der Waals surface area contributed by atoms with Gasteiger partial charge in [0.25, 0.3) is 5.91 Å². The second-order valence-electron chi connectivity index (χ2n) is 5.42. The van der Waals surface area contributed by atoms with Crippen LogP contribution in [0.3, 0.4) is 0 Å². The van der Waals surface area contributed by atoms with E-state index in [1.54, 1.807) is 4.68 Å². The average molecular weight is 337 g/mol. The molecule has 1 amide bonds. The molecule has 2 heterocycles. The van der Waals surface area contributed by atoms with Crippen LogP contribution in [-0.2, 0) is 6.54 Å². The molecule has 0 radical (unpaired) electrons. The predicted octanol–water partition coefficient (Wildman–Crippen LogP) is 2.32. The number of nitrogens with one attached hydrogen (secondary N) is 2. The highest BCUT2D eigenvalue weighted by molar-refractivity contribution is 5.93. The van der Waals surface area contributed by atoms with Gasteiger partial charge in [0.05, 0.1) is 11.6 Å². The van der Waals surface area contributed by atoms with E-state index >= 15 is 0 Å². The van der Waals surface area contributed by atoms with Gasteiger partial charge in [-0.15, -0.1) is 0 Å². The van der Waals surface area contributed by atoms with Crippen LogP contribution >= 0.6 is 0 Å². The Hall–Kier alpha value is -3.29. The number of para-hydroxylation sites is 1. The molecule has 3 aromatic rings. The number of benzene rings is 1. The Balaban J connectivity index is 1.64. The fourth-order valence-electron chi connectivity index (χ4n) is 2.36. The summed E-state index contributed by atoms with van der Waals surface area (Å²) in [5.41, 5.74) is 1.26. The van der Waals surface area contributed by atoms with Gasteiger partial charge in [-0.05, 0) is 26.0 Å². The van der Waals surface area contributed by atoms with E-state index in [1.807, 2.05) is 44.2 Å². The van der Waals surface area contributed by atoms with Crippen LogP contribution in [0.4, 0.5) is 11.6 Å². The maximum absolute atomic E-state index is 12.4. The molecule has 1 unspecified atom stereocenters. The van der Waals surface area contributed by atoms with Crippen LogP contribution in [0.1, 0.15) is 36.1 Å². The van der Waals surface area contributed by atoms with Crippen molar-refractivity contribution < 1.29 is 4.79 Å². The standard InChI is InChI=1S/C17H19N7O/c1-3-24-15(20-11-21-24)12(2)22-16(25)13-9-18-17(19-10-13)23-14-7-5-4-6-8-14/h4-12H,3H2,1-2H3,(H,22,25)(H,18,19,23). The van der Waals surface area contributed by atoms with Crippen molar-refractivity contribution in [2.45, 2.75) is 26.4 Å². The Morgan fingerprint density at radius 2 is 1.88 bits per heavy atom. The number of amides is 1. The molecule has 0 aliphatic rings. The van der Waals surface area contributed by atoms with Crippen molar-refractivity contribution in [3.05, 3.63) is 60.4 Å². The summed E-state index contributed by atoms with van der Waals surface area (Å²) in [5, 5.41) is 10.1. The molecule has 3 rings (SSSR count). The molecule has 25 heavy (non-hydrogen) atoms. The van der Waals surface area contributed by atoms with Crippen LogP contribution in [0, 0.1) is 0 Å². The van der Waals surface area contributed by atoms with Crippen LogP contribution in [0.15, 0.2) is 49.1 Å². The van der Waals surface area contributed by atoms with Gasteiger partial charge in [0.2, 0.25) is 5.95 Å². The molecule has 0 saturated carbocycles. The molecule has 0 saturated heterocycles. The molecule has 0 fully saturated rings. The van der Waals surface area contributed by atoms with E-state index in [9.17, 15) is 4.79 Å². The predicted molar refractivity (Wildman–Crippen MR) is 93.3 cm³/mol. The summed E-state index contributed by atoms with van der Waals surface area (Å²) < 4.78 is 1.74. The third-order valence-electron chi connectivity index (χ3n) is 3.62. The fourth-order valence-corrected chi connectivity index (χ4v) is 2.36. The molecule has 0 aliphatic heterocycles. The maximum atomic E-state index is 12.4. The van der Waals surface area contributed by atoms with Gasteiger partial charge in [-0.2, -0.15) is 5.10 Å². The summed E-state index contributed by atoms with van der Waals surface area (Å²) in [6.07, 6.45) is 4.46. The molecule has 8 heteroatoms. The summed E-state index contributed by atoms with van der Waals surface area (Å²) in [7, 11) is 0. The molecule has 2 aromatic heterocycles. The minimum Gasteiger partial charge on any atom is -0.342 e. The van der Waals surface area contributed by atoms with Gasteiger partial charge in [-0.25, -0.2) is 19.6 Å². The quantitative estimate of drug-likeness (QED) is 0.716. The lowest BCUT2D eigenvalue weighted by molar-refractivity contribution is 0.0936.